The molecule has 0 radical (unpaired) electrons. The number of aliphatic carboxylic acids is 1. The number of hydrogen-bond acceptors (Lipinski definition) is 7. The topological polar surface area (TPSA) is 126 Å². The summed E-state index contributed by atoms with van der Waals surface area (Å²) in [5.41, 5.74) is 8.24. The van der Waals surface area contributed by atoms with Crippen molar-refractivity contribution in [3.8, 4) is 6.07 Å². The number of nitriles is 1. The molecule has 3 rings (SSSR count). The molecule has 0 bridgehead atoms. The highest BCUT2D eigenvalue weighted by Gasteiger charge is 2.17. The van der Waals surface area contributed by atoms with Crippen LogP contribution in [-0.2, 0) is 4.79 Å². The molecule has 0 unspecified atom stereocenters. The number of fused-ring (bicyclic) bond motifs is 2. The van der Waals surface area contributed by atoms with Crippen molar-refractivity contribution in [2.24, 2.45) is 0 Å². The van der Waals surface area contributed by atoms with Crippen molar-refractivity contribution in [3.63, 3.8) is 0 Å². The second-order valence-electron chi connectivity index (χ2n) is 4.38. The summed E-state index contributed by atoms with van der Waals surface area (Å²) in [5.74, 6) is -1.22. The third kappa shape index (κ3) is 2.38. The average Bonchev–Trinajstić information content (AvgIpc) is 2.51. The second kappa shape index (κ2) is 5.46. The van der Waals surface area contributed by atoms with Gasteiger partial charge in [0.1, 0.15) is 22.2 Å². The molecule has 0 atom stereocenters. The Kier molecular flexibility index (Phi) is 3.48. The first-order chi connectivity index (χ1) is 10.6. The number of carboxylic acid groups (broad SMARTS) is 1. The molecule has 108 valence electrons. The molecule has 0 amide bonds. The summed E-state index contributed by atoms with van der Waals surface area (Å²) in [5, 5.41) is 18.3. The van der Waals surface area contributed by atoms with Gasteiger partial charge in [-0.15, -0.1) is 0 Å². The first-order valence-corrected chi connectivity index (χ1v) is 7.19. The largest absolute Gasteiger partial charge is 0.481 e. The van der Waals surface area contributed by atoms with E-state index in [0.29, 0.717) is 22.2 Å². The van der Waals surface area contributed by atoms with Crippen molar-refractivity contribution in [1.29, 1.82) is 5.26 Å². The zero-order valence-corrected chi connectivity index (χ0v) is 12.0. The average molecular weight is 311 g/mol. The summed E-state index contributed by atoms with van der Waals surface area (Å²) in [7, 11) is 0. The molecule has 0 fully saturated rings. The number of nitrogen functional groups attached to an aromatic ring is 1. The number of aromatic nitrogens is 3. The van der Waals surface area contributed by atoms with Gasteiger partial charge >= 0.3 is 5.97 Å². The van der Waals surface area contributed by atoms with Crippen molar-refractivity contribution < 1.29 is 9.90 Å². The molecule has 0 aliphatic heterocycles. The highest BCUT2D eigenvalue weighted by molar-refractivity contribution is 7.99. The minimum absolute atomic E-state index is 0.128. The quantitative estimate of drug-likeness (QED) is 0.554. The molecule has 0 spiro atoms. The molecule has 0 saturated carbocycles. The number of benzene rings is 1. The highest BCUT2D eigenvalue weighted by atomic mass is 32.2. The van der Waals surface area contributed by atoms with Crippen LogP contribution in [0.1, 0.15) is 5.56 Å². The van der Waals surface area contributed by atoms with E-state index < -0.39 is 5.97 Å². The van der Waals surface area contributed by atoms with Gasteiger partial charge in [-0.2, -0.15) is 5.26 Å². The van der Waals surface area contributed by atoms with Crippen LogP contribution in [0.25, 0.3) is 22.2 Å². The summed E-state index contributed by atoms with van der Waals surface area (Å²) in [4.78, 5) is 23.7. The molecule has 22 heavy (non-hydrogen) atoms. The maximum Gasteiger partial charge on any atom is 0.313 e. The number of pyridine rings is 1. The molecule has 1 aromatic carbocycles. The van der Waals surface area contributed by atoms with E-state index in [1.807, 2.05) is 18.2 Å². The number of nitrogens with zero attached hydrogens (tertiary/aromatic N) is 4. The van der Waals surface area contributed by atoms with Gasteiger partial charge in [0, 0.05) is 0 Å². The van der Waals surface area contributed by atoms with Crippen LogP contribution in [0.15, 0.2) is 29.3 Å². The zero-order chi connectivity index (χ0) is 15.7. The van der Waals surface area contributed by atoms with Crippen LogP contribution < -0.4 is 5.73 Å². The third-order valence-corrected chi connectivity index (χ3v) is 3.90. The van der Waals surface area contributed by atoms with E-state index in [-0.39, 0.29) is 22.0 Å². The minimum atomic E-state index is -1.00. The standard InChI is InChI=1S/C14H9N5O2S/c15-5-7-11(16)12-13(19-14(7)22-6-10(20)21)18-9-4-2-1-3-8(9)17-12/h1-4H,6H2,(H,20,21)(H2,16,18,19). The first-order valence-electron chi connectivity index (χ1n) is 6.21. The maximum atomic E-state index is 10.7. The lowest BCUT2D eigenvalue weighted by Crippen LogP contribution is -2.04. The molecular formula is C14H9N5O2S. The van der Waals surface area contributed by atoms with Crippen molar-refractivity contribution >= 4 is 45.6 Å². The fourth-order valence-electron chi connectivity index (χ4n) is 1.98. The van der Waals surface area contributed by atoms with Gasteiger partial charge in [0.2, 0.25) is 0 Å². The summed E-state index contributed by atoms with van der Waals surface area (Å²) in [6.45, 7) is 0. The summed E-state index contributed by atoms with van der Waals surface area (Å²) >= 11 is 0.933. The van der Waals surface area contributed by atoms with Crippen molar-refractivity contribution in [1.82, 2.24) is 15.0 Å². The Morgan fingerprint density at radius 1 is 1.27 bits per heavy atom. The molecule has 8 heteroatoms. The molecule has 0 aliphatic carbocycles. The molecule has 0 saturated heterocycles. The monoisotopic (exact) mass is 311 g/mol. The van der Waals surface area contributed by atoms with Crippen LogP contribution in [-0.4, -0.2) is 31.8 Å². The third-order valence-electron chi connectivity index (χ3n) is 2.94. The Bertz CT molecular complexity index is 951. The maximum absolute atomic E-state index is 10.7. The molecule has 2 heterocycles. The molecule has 3 N–H and O–H groups in total. The normalized spacial score (nSPS) is 10.7. The number of hydrogen-bond donors (Lipinski definition) is 2. The van der Waals surface area contributed by atoms with Crippen molar-refractivity contribution in [3.05, 3.63) is 29.8 Å². The number of para-hydroxylation sites is 2. The van der Waals surface area contributed by atoms with Gasteiger partial charge in [-0.1, -0.05) is 23.9 Å². The van der Waals surface area contributed by atoms with Crippen molar-refractivity contribution in [2.75, 3.05) is 11.5 Å². The number of thioether (sulfide) groups is 1. The summed E-state index contributed by atoms with van der Waals surface area (Å²) in [6, 6.07) is 9.20. The van der Waals surface area contributed by atoms with Gasteiger partial charge in [-0.25, -0.2) is 15.0 Å². The van der Waals surface area contributed by atoms with Crippen LogP contribution in [0.4, 0.5) is 5.69 Å². The SMILES string of the molecule is N#Cc1c(SCC(=O)O)nc2nc3ccccc3nc2c1N. The molecular weight excluding hydrogens is 302 g/mol. The molecule has 7 nitrogen and oxygen atoms in total. The fourth-order valence-corrected chi connectivity index (χ4v) is 2.69. The number of carboxylic acids is 1. The van der Waals surface area contributed by atoms with Gasteiger partial charge in [-0.3, -0.25) is 4.79 Å². The minimum Gasteiger partial charge on any atom is -0.481 e. The van der Waals surface area contributed by atoms with Crippen LogP contribution >= 0.6 is 11.8 Å². The van der Waals surface area contributed by atoms with Crippen LogP contribution in [0.5, 0.6) is 0 Å². The first kappa shape index (κ1) is 14.0. The Morgan fingerprint density at radius 3 is 2.59 bits per heavy atom. The lowest BCUT2D eigenvalue weighted by Gasteiger charge is -2.08. The Labute approximate surface area is 128 Å². The second-order valence-corrected chi connectivity index (χ2v) is 5.35. The molecule has 3 aromatic rings. The summed E-state index contributed by atoms with van der Waals surface area (Å²) < 4.78 is 0. The highest BCUT2D eigenvalue weighted by Crippen LogP contribution is 2.30. The zero-order valence-electron chi connectivity index (χ0n) is 11.1. The number of carbonyl (C=O) groups is 1. The predicted molar refractivity (Wildman–Crippen MR) is 82.3 cm³/mol. The molecule has 2 aromatic heterocycles. The van der Waals surface area contributed by atoms with Gasteiger partial charge < -0.3 is 10.8 Å². The van der Waals surface area contributed by atoms with E-state index in [1.54, 1.807) is 12.1 Å². The van der Waals surface area contributed by atoms with E-state index in [9.17, 15) is 10.1 Å². The Balaban J connectivity index is 2.27. The van der Waals surface area contributed by atoms with Crippen molar-refractivity contribution in [2.45, 2.75) is 5.03 Å². The van der Waals surface area contributed by atoms with E-state index in [4.69, 9.17) is 10.8 Å². The van der Waals surface area contributed by atoms with E-state index in [1.165, 1.54) is 0 Å². The predicted octanol–water partition coefficient (Wildman–Crippen LogP) is 1.81. The summed E-state index contributed by atoms with van der Waals surface area (Å²) in [6.07, 6.45) is 0. The van der Waals surface area contributed by atoms with Crippen LogP contribution in [0.2, 0.25) is 0 Å². The van der Waals surface area contributed by atoms with Crippen LogP contribution in [0, 0.1) is 11.3 Å². The van der Waals surface area contributed by atoms with Gasteiger partial charge in [0.25, 0.3) is 0 Å². The smallest absolute Gasteiger partial charge is 0.313 e. The van der Waals surface area contributed by atoms with E-state index in [0.717, 1.165) is 11.8 Å². The Morgan fingerprint density at radius 2 is 1.95 bits per heavy atom. The number of anilines is 1. The number of nitrogens with two attached hydrogens (primary N) is 1. The van der Waals surface area contributed by atoms with Gasteiger partial charge in [0.15, 0.2) is 5.65 Å². The van der Waals surface area contributed by atoms with E-state index in [2.05, 4.69) is 15.0 Å². The number of rotatable bonds is 3. The lowest BCUT2D eigenvalue weighted by atomic mass is 10.2. The van der Waals surface area contributed by atoms with Gasteiger partial charge in [0.05, 0.1) is 22.5 Å². The lowest BCUT2D eigenvalue weighted by molar-refractivity contribution is -0.133. The van der Waals surface area contributed by atoms with E-state index >= 15 is 0 Å². The fraction of sp³-hybridized carbons (Fsp3) is 0.0714. The Hall–Kier alpha value is -2.92. The van der Waals surface area contributed by atoms with Gasteiger partial charge in [-0.05, 0) is 12.1 Å². The molecule has 0 aliphatic rings. The van der Waals surface area contributed by atoms with Crippen LogP contribution in [0.3, 0.4) is 0 Å².